The Balaban J connectivity index is 0.00000186. The molecule has 1 aromatic heterocycles. The van der Waals surface area contributed by atoms with E-state index < -0.39 is 23.6 Å². The number of carbonyl (C=O) groups is 1. The van der Waals surface area contributed by atoms with E-state index in [1.807, 2.05) is 26.8 Å². The largest absolute Gasteiger partial charge is 0.419 e. The smallest absolute Gasteiger partial charge is 0.383 e. The number of hydrogen-bond donors (Lipinski definition) is 3. The van der Waals surface area contributed by atoms with E-state index in [1.165, 1.54) is 0 Å². The standard InChI is InChI=1S/C25H23F4N5O.C2H6/c1-13-22(23(30)31-2)18(12-21(32-13)15-3-4-15)14-5-7-16(8-6-14)33-24(35)34-17-9-10-20(26)19(11-17)25(27,28)29;1-2/h5-12,15H,3-4H2,1-2H3,(H2,30,31)(H2,33,34,35);1-2H3. The number of anilines is 2. The number of benzene rings is 2. The summed E-state index contributed by atoms with van der Waals surface area (Å²) in [5, 5.41) is 4.84. The molecule has 6 nitrogen and oxygen atoms in total. The van der Waals surface area contributed by atoms with Crippen LogP contribution in [0.5, 0.6) is 0 Å². The molecule has 1 fully saturated rings. The SMILES string of the molecule is CC.CN=C(N)c1c(-c2ccc(NC(=O)Nc3ccc(F)c(C(F)(F)F)c3)cc2)cc(C2CC2)nc1C. The zero-order valence-electron chi connectivity index (χ0n) is 21.0. The highest BCUT2D eigenvalue weighted by Crippen LogP contribution is 2.41. The molecule has 4 N–H and O–H groups in total. The van der Waals surface area contributed by atoms with Gasteiger partial charge in [0.25, 0.3) is 0 Å². The predicted molar refractivity (Wildman–Crippen MR) is 138 cm³/mol. The second-order valence-corrected chi connectivity index (χ2v) is 8.29. The molecule has 1 saturated carbocycles. The van der Waals surface area contributed by atoms with Crippen LogP contribution in [0.2, 0.25) is 0 Å². The summed E-state index contributed by atoms with van der Waals surface area (Å²) in [6.45, 7) is 5.89. The zero-order chi connectivity index (χ0) is 27.3. The first-order valence-electron chi connectivity index (χ1n) is 11.9. The van der Waals surface area contributed by atoms with Crippen molar-refractivity contribution in [3.05, 3.63) is 76.9 Å². The van der Waals surface area contributed by atoms with E-state index in [-0.39, 0.29) is 5.69 Å². The van der Waals surface area contributed by atoms with Crippen molar-refractivity contribution in [3.8, 4) is 11.1 Å². The van der Waals surface area contributed by atoms with Crippen LogP contribution in [0.4, 0.5) is 33.7 Å². The maximum Gasteiger partial charge on any atom is 0.419 e. The number of alkyl halides is 3. The minimum Gasteiger partial charge on any atom is -0.383 e. The summed E-state index contributed by atoms with van der Waals surface area (Å²) in [5.74, 6) is -0.606. The van der Waals surface area contributed by atoms with Gasteiger partial charge in [-0.1, -0.05) is 26.0 Å². The third-order valence-corrected chi connectivity index (χ3v) is 5.70. The molecule has 1 heterocycles. The van der Waals surface area contributed by atoms with E-state index in [0.717, 1.165) is 47.0 Å². The molecule has 0 saturated heterocycles. The van der Waals surface area contributed by atoms with Gasteiger partial charge in [-0.15, -0.1) is 0 Å². The summed E-state index contributed by atoms with van der Waals surface area (Å²) in [5.41, 5.74) is 9.17. The van der Waals surface area contributed by atoms with E-state index in [1.54, 1.807) is 31.3 Å². The highest BCUT2D eigenvalue weighted by atomic mass is 19.4. The van der Waals surface area contributed by atoms with Crippen LogP contribution in [0.1, 0.15) is 55.1 Å². The van der Waals surface area contributed by atoms with Crippen LogP contribution >= 0.6 is 0 Å². The molecule has 1 aliphatic carbocycles. The first-order chi connectivity index (χ1) is 17.6. The molecule has 0 atom stereocenters. The third-order valence-electron chi connectivity index (χ3n) is 5.70. The number of nitrogens with zero attached hydrogens (tertiary/aromatic N) is 2. The van der Waals surface area contributed by atoms with Crippen molar-refractivity contribution in [2.24, 2.45) is 10.7 Å². The highest BCUT2D eigenvalue weighted by Gasteiger charge is 2.34. The highest BCUT2D eigenvalue weighted by molar-refractivity contribution is 6.04. The van der Waals surface area contributed by atoms with Crippen LogP contribution in [-0.4, -0.2) is 23.9 Å². The Labute approximate surface area is 213 Å². The Hall–Kier alpha value is -3.95. The van der Waals surface area contributed by atoms with Gasteiger partial charge in [0.05, 0.1) is 5.56 Å². The Kier molecular flexibility index (Phi) is 8.52. The fraction of sp³-hybridized carbons (Fsp3) is 0.296. The summed E-state index contributed by atoms with van der Waals surface area (Å²) >= 11 is 0. The number of halogens is 4. The van der Waals surface area contributed by atoms with Crippen molar-refractivity contribution >= 4 is 23.2 Å². The maximum atomic E-state index is 13.5. The number of nitrogens with one attached hydrogen (secondary N) is 2. The zero-order valence-corrected chi connectivity index (χ0v) is 21.0. The van der Waals surface area contributed by atoms with Gasteiger partial charge in [-0.25, -0.2) is 9.18 Å². The van der Waals surface area contributed by atoms with E-state index in [0.29, 0.717) is 29.6 Å². The number of amides is 2. The number of aryl methyl sites for hydroxylation is 1. The monoisotopic (exact) mass is 515 g/mol. The number of amidine groups is 1. The van der Waals surface area contributed by atoms with Crippen LogP contribution in [0.25, 0.3) is 11.1 Å². The number of carbonyl (C=O) groups excluding carboxylic acids is 1. The molecule has 2 aromatic carbocycles. The van der Waals surface area contributed by atoms with Crippen molar-refractivity contribution in [2.75, 3.05) is 17.7 Å². The molecule has 1 aliphatic rings. The molecular weight excluding hydrogens is 486 g/mol. The Morgan fingerprint density at radius 3 is 2.19 bits per heavy atom. The third kappa shape index (κ3) is 6.63. The molecule has 3 aromatic rings. The first kappa shape index (κ1) is 27.6. The summed E-state index contributed by atoms with van der Waals surface area (Å²) in [6.07, 6.45) is -2.68. The minimum absolute atomic E-state index is 0.188. The van der Waals surface area contributed by atoms with Crippen LogP contribution in [-0.2, 0) is 6.18 Å². The lowest BCUT2D eigenvalue weighted by molar-refractivity contribution is -0.139. The van der Waals surface area contributed by atoms with Gasteiger partial charge < -0.3 is 16.4 Å². The number of urea groups is 1. The average Bonchev–Trinajstić information content (AvgIpc) is 3.71. The van der Waals surface area contributed by atoms with Gasteiger partial charge in [-0.05, 0) is 67.3 Å². The topological polar surface area (TPSA) is 92.4 Å². The molecular formula is C27H29F4N5O. The molecule has 0 bridgehead atoms. The summed E-state index contributed by atoms with van der Waals surface area (Å²) < 4.78 is 52.2. The number of nitrogens with two attached hydrogens (primary N) is 1. The Bertz CT molecular complexity index is 1300. The normalized spacial score (nSPS) is 13.5. The number of aliphatic imine (C=N–C) groups is 1. The Morgan fingerprint density at radius 2 is 1.62 bits per heavy atom. The second-order valence-electron chi connectivity index (χ2n) is 8.29. The van der Waals surface area contributed by atoms with Crippen molar-refractivity contribution in [1.29, 1.82) is 0 Å². The first-order valence-corrected chi connectivity index (χ1v) is 11.9. The summed E-state index contributed by atoms with van der Waals surface area (Å²) in [6, 6.07) is 10.4. The number of hydrogen-bond acceptors (Lipinski definition) is 3. The lowest BCUT2D eigenvalue weighted by atomic mass is 9.96. The van der Waals surface area contributed by atoms with Gasteiger partial charge in [0.2, 0.25) is 0 Å². The van der Waals surface area contributed by atoms with Crippen LogP contribution in [0.15, 0.2) is 53.5 Å². The molecule has 0 radical (unpaired) electrons. The van der Waals surface area contributed by atoms with Crippen molar-refractivity contribution in [2.45, 2.75) is 45.7 Å². The van der Waals surface area contributed by atoms with E-state index in [9.17, 15) is 22.4 Å². The van der Waals surface area contributed by atoms with E-state index in [4.69, 9.17) is 10.7 Å². The van der Waals surface area contributed by atoms with Gasteiger partial charge in [-0.3, -0.25) is 9.98 Å². The fourth-order valence-corrected chi connectivity index (χ4v) is 3.79. The van der Waals surface area contributed by atoms with Gasteiger partial charge in [0, 0.05) is 41.3 Å². The van der Waals surface area contributed by atoms with Gasteiger partial charge in [-0.2, -0.15) is 13.2 Å². The average molecular weight is 516 g/mol. The number of pyridine rings is 1. The molecule has 0 aliphatic heterocycles. The van der Waals surface area contributed by atoms with Crippen LogP contribution in [0, 0.1) is 12.7 Å². The number of aromatic nitrogens is 1. The molecule has 4 rings (SSSR count). The van der Waals surface area contributed by atoms with E-state index in [2.05, 4.69) is 15.6 Å². The van der Waals surface area contributed by atoms with E-state index >= 15 is 0 Å². The van der Waals surface area contributed by atoms with Gasteiger partial charge in [0.15, 0.2) is 0 Å². The van der Waals surface area contributed by atoms with Gasteiger partial charge >= 0.3 is 12.2 Å². The summed E-state index contributed by atoms with van der Waals surface area (Å²) in [4.78, 5) is 21.1. The lowest BCUT2D eigenvalue weighted by Crippen LogP contribution is -2.20. The quantitative estimate of drug-likeness (QED) is 0.192. The van der Waals surface area contributed by atoms with Crippen LogP contribution < -0.4 is 16.4 Å². The van der Waals surface area contributed by atoms with Crippen LogP contribution in [0.3, 0.4) is 0 Å². The lowest BCUT2D eigenvalue weighted by Gasteiger charge is -2.15. The summed E-state index contributed by atoms with van der Waals surface area (Å²) in [7, 11) is 1.61. The minimum atomic E-state index is -4.87. The molecule has 2 amide bonds. The number of rotatable bonds is 5. The molecule has 0 spiro atoms. The van der Waals surface area contributed by atoms with Crippen molar-refractivity contribution < 1.29 is 22.4 Å². The van der Waals surface area contributed by atoms with Crippen molar-refractivity contribution in [3.63, 3.8) is 0 Å². The van der Waals surface area contributed by atoms with Gasteiger partial charge in [0.1, 0.15) is 11.7 Å². The molecule has 196 valence electrons. The fourth-order valence-electron chi connectivity index (χ4n) is 3.79. The predicted octanol–water partition coefficient (Wildman–Crippen LogP) is 7.10. The van der Waals surface area contributed by atoms with Crippen molar-refractivity contribution in [1.82, 2.24) is 4.98 Å². The molecule has 10 heteroatoms. The maximum absolute atomic E-state index is 13.5. The Morgan fingerprint density at radius 1 is 1.03 bits per heavy atom. The second kappa shape index (κ2) is 11.4. The molecule has 37 heavy (non-hydrogen) atoms. The molecule has 0 unspecified atom stereocenters.